The van der Waals surface area contributed by atoms with Crippen LogP contribution in [0, 0.1) is 0 Å². The van der Waals surface area contributed by atoms with Crippen molar-refractivity contribution in [1.29, 1.82) is 0 Å². The van der Waals surface area contributed by atoms with E-state index in [0.29, 0.717) is 24.1 Å². The summed E-state index contributed by atoms with van der Waals surface area (Å²) >= 11 is 0. The second-order valence-corrected chi connectivity index (χ2v) is 12.2. The van der Waals surface area contributed by atoms with Gasteiger partial charge in [0.2, 0.25) is 5.91 Å². The Morgan fingerprint density at radius 2 is 1.71 bits per heavy atom. The molecule has 2 aromatic carbocycles. The highest BCUT2D eigenvalue weighted by atomic mass is 16.6. The maximum absolute atomic E-state index is 12.9. The number of esters is 1. The standard InChI is InChI=1S/C35H38N6O8/c1-21(43)13-14-31(45)49-27-16-30(48-28(27)17-42)41-20-38-32-33(36-19-37-34(32)41)39-29(44)12-7-15-40(2)35(46)47-18-26-24-10-5-3-8-22(24)23-9-4-6-11-25(23)26/h3-6,8-11,19-20,26-28,30,42H,7,12-18H2,1-2H3,(H,36,37,39,44)/t27-,28-,30-/m1/s1. The minimum atomic E-state index is -0.767. The van der Waals surface area contributed by atoms with Crippen LogP contribution in [0.1, 0.15) is 62.3 Å². The predicted octanol–water partition coefficient (Wildman–Crippen LogP) is 3.99. The van der Waals surface area contributed by atoms with Crippen molar-refractivity contribution < 1.29 is 38.5 Å². The SMILES string of the molecule is CC(=O)CCC(=O)O[C@@H]1C[C@H](n2cnc3c(NC(=O)CCCN(C)C(=O)OCC4c5ccccc5-c5ccccc54)ncnc32)O[C@@H]1CO. The Morgan fingerprint density at radius 3 is 2.41 bits per heavy atom. The van der Waals surface area contributed by atoms with Gasteiger partial charge < -0.3 is 34.3 Å². The molecule has 14 nitrogen and oxygen atoms in total. The first-order chi connectivity index (χ1) is 23.7. The summed E-state index contributed by atoms with van der Waals surface area (Å²) in [4.78, 5) is 63.4. The highest BCUT2D eigenvalue weighted by molar-refractivity contribution is 5.96. The Balaban J connectivity index is 0.994. The lowest BCUT2D eigenvalue weighted by atomic mass is 9.98. The lowest BCUT2D eigenvalue weighted by molar-refractivity contribution is -0.153. The van der Waals surface area contributed by atoms with Crippen molar-refractivity contribution in [1.82, 2.24) is 24.4 Å². The third-order valence-electron chi connectivity index (χ3n) is 8.80. The maximum Gasteiger partial charge on any atom is 0.409 e. The van der Waals surface area contributed by atoms with Crippen LogP contribution in [0.25, 0.3) is 22.3 Å². The lowest BCUT2D eigenvalue weighted by Crippen LogP contribution is -2.30. The molecule has 4 aromatic rings. The van der Waals surface area contributed by atoms with Crippen LogP contribution in [0.15, 0.2) is 61.2 Å². The maximum atomic E-state index is 12.9. The number of ketones is 1. The number of Topliss-reactive ketones (excluding diaryl/α,β-unsaturated/α-hetero) is 1. The molecule has 49 heavy (non-hydrogen) atoms. The Morgan fingerprint density at radius 1 is 1.00 bits per heavy atom. The summed E-state index contributed by atoms with van der Waals surface area (Å²) in [6.07, 6.45) is 0.929. The number of anilines is 1. The van der Waals surface area contributed by atoms with Gasteiger partial charge in [-0.1, -0.05) is 48.5 Å². The first-order valence-electron chi connectivity index (χ1n) is 16.2. The lowest BCUT2D eigenvalue weighted by Gasteiger charge is -2.19. The van der Waals surface area contributed by atoms with Gasteiger partial charge in [-0.15, -0.1) is 0 Å². The molecule has 0 radical (unpaired) electrons. The van der Waals surface area contributed by atoms with E-state index in [4.69, 9.17) is 14.2 Å². The van der Waals surface area contributed by atoms with E-state index in [-0.39, 0.29) is 62.3 Å². The largest absolute Gasteiger partial charge is 0.459 e. The minimum absolute atomic E-state index is 0.0392. The zero-order chi connectivity index (χ0) is 34.5. The Labute approximate surface area is 282 Å². The highest BCUT2D eigenvalue weighted by Gasteiger charge is 2.39. The second kappa shape index (κ2) is 14.9. The minimum Gasteiger partial charge on any atom is -0.459 e. The van der Waals surface area contributed by atoms with Gasteiger partial charge in [0, 0.05) is 38.8 Å². The van der Waals surface area contributed by atoms with Crippen molar-refractivity contribution in [3.8, 4) is 11.1 Å². The first kappa shape index (κ1) is 33.7. The van der Waals surface area contributed by atoms with Crippen molar-refractivity contribution >= 4 is 40.7 Å². The van der Waals surface area contributed by atoms with Crippen molar-refractivity contribution in [2.24, 2.45) is 0 Å². The zero-order valence-electron chi connectivity index (χ0n) is 27.3. The number of hydrogen-bond donors (Lipinski definition) is 2. The molecule has 2 aliphatic rings. The molecule has 1 aliphatic heterocycles. The Kier molecular flexibility index (Phi) is 10.3. The van der Waals surface area contributed by atoms with Crippen LogP contribution >= 0.6 is 0 Å². The number of aliphatic hydroxyl groups is 1. The van der Waals surface area contributed by atoms with Crippen molar-refractivity contribution in [2.75, 3.05) is 32.1 Å². The summed E-state index contributed by atoms with van der Waals surface area (Å²) in [6, 6.07) is 16.3. The molecule has 3 atom stereocenters. The molecule has 1 aliphatic carbocycles. The number of fused-ring (bicyclic) bond motifs is 4. The summed E-state index contributed by atoms with van der Waals surface area (Å²) in [7, 11) is 1.64. The molecule has 3 heterocycles. The zero-order valence-corrected chi connectivity index (χ0v) is 27.3. The van der Waals surface area contributed by atoms with Crippen LogP contribution in [0.5, 0.6) is 0 Å². The number of hydrogen-bond acceptors (Lipinski definition) is 11. The quantitative estimate of drug-likeness (QED) is 0.197. The van der Waals surface area contributed by atoms with E-state index in [9.17, 15) is 24.3 Å². The molecule has 1 fully saturated rings. The summed E-state index contributed by atoms with van der Waals surface area (Å²) in [5.41, 5.74) is 5.29. The van der Waals surface area contributed by atoms with E-state index in [1.807, 2.05) is 24.3 Å². The molecular weight excluding hydrogens is 632 g/mol. The van der Waals surface area contributed by atoms with Crippen LogP contribution in [0.4, 0.5) is 10.6 Å². The molecule has 0 saturated carbocycles. The summed E-state index contributed by atoms with van der Waals surface area (Å²) in [6.45, 7) is 1.55. The number of benzene rings is 2. The average Bonchev–Trinajstić information content (AvgIpc) is 3.80. The van der Waals surface area contributed by atoms with E-state index in [2.05, 4.69) is 44.5 Å². The molecule has 2 amide bonds. The number of carbonyl (C=O) groups excluding carboxylic acids is 4. The molecule has 14 heteroatoms. The smallest absolute Gasteiger partial charge is 0.409 e. The van der Waals surface area contributed by atoms with Gasteiger partial charge >= 0.3 is 12.1 Å². The number of aromatic nitrogens is 4. The number of rotatable bonds is 13. The van der Waals surface area contributed by atoms with Crippen LogP contribution in [0.3, 0.4) is 0 Å². The van der Waals surface area contributed by atoms with Gasteiger partial charge in [0.05, 0.1) is 19.4 Å². The number of carbonyl (C=O) groups is 4. The van der Waals surface area contributed by atoms with Crippen molar-refractivity contribution in [3.63, 3.8) is 0 Å². The molecule has 2 N–H and O–H groups in total. The number of ether oxygens (including phenoxy) is 3. The van der Waals surface area contributed by atoms with E-state index in [1.165, 1.54) is 24.5 Å². The summed E-state index contributed by atoms with van der Waals surface area (Å²) in [5.74, 6) is -0.810. The van der Waals surface area contributed by atoms with Crippen LogP contribution in [-0.2, 0) is 28.6 Å². The fourth-order valence-corrected chi connectivity index (χ4v) is 6.29. The highest BCUT2D eigenvalue weighted by Crippen LogP contribution is 2.44. The van der Waals surface area contributed by atoms with Gasteiger partial charge in [0.15, 0.2) is 17.0 Å². The average molecular weight is 671 g/mol. The van der Waals surface area contributed by atoms with Crippen LogP contribution in [-0.4, -0.2) is 92.3 Å². The number of nitrogens with one attached hydrogen (secondary N) is 1. The first-order valence-corrected chi connectivity index (χ1v) is 16.2. The second-order valence-electron chi connectivity index (χ2n) is 12.2. The van der Waals surface area contributed by atoms with Crippen molar-refractivity contribution in [3.05, 3.63) is 72.3 Å². The molecule has 6 rings (SSSR count). The van der Waals surface area contributed by atoms with E-state index in [0.717, 1.165) is 22.3 Å². The van der Waals surface area contributed by atoms with Gasteiger partial charge in [-0.3, -0.25) is 14.2 Å². The van der Waals surface area contributed by atoms with Crippen LogP contribution in [0.2, 0.25) is 0 Å². The van der Waals surface area contributed by atoms with E-state index >= 15 is 0 Å². The molecule has 0 spiro atoms. The molecule has 1 saturated heterocycles. The number of amides is 2. The van der Waals surface area contributed by atoms with Crippen molar-refractivity contribution in [2.45, 2.75) is 63.4 Å². The number of aliphatic hydroxyl groups excluding tert-OH is 1. The van der Waals surface area contributed by atoms with Gasteiger partial charge in [0.25, 0.3) is 0 Å². The van der Waals surface area contributed by atoms with Gasteiger partial charge in [0.1, 0.15) is 37.2 Å². The van der Waals surface area contributed by atoms with Gasteiger partial charge in [-0.25, -0.2) is 19.7 Å². The normalized spacial score (nSPS) is 18.1. The molecule has 2 aromatic heterocycles. The molecule has 256 valence electrons. The fraction of sp³-hybridized carbons (Fsp3) is 0.400. The molecule has 0 bridgehead atoms. The van der Waals surface area contributed by atoms with E-state index in [1.54, 1.807) is 11.6 Å². The molecular formula is C35H38N6O8. The predicted molar refractivity (Wildman–Crippen MR) is 176 cm³/mol. The Hall–Kier alpha value is -5.21. The summed E-state index contributed by atoms with van der Waals surface area (Å²) < 4.78 is 18.7. The van der Waals surface area contributed by atoms with Gasteiger partial charge in [-0.05, 0) is 35.6 Å². The molecule has 0 unspecified atom stereocenters. The summed E-state index contributed by atoms with van der Waals surface area (Å²) in [5, 5.41) is 12.6. The number of imidazole rings is 1. The third-order valence-corrected chi connectivity index (χ3v) is 8.80. The third kappa shape index (κ3) is 7.44. The Bertz CT molecular complexity index is 1820. The monoisotopic (exact) mass is 670 g/mol. The van der Waals surface area contributed by atoms with E-state index < -0.39 is 30.5 Å². The fourth-order valence-electron chi connectivity index (χ4n) is 6.29. The van der Waals surface area contributed by atoms with Gasteiger partial charge in [-0.2, -0.15) is 0 Å². The number of nitrogens with zero attached hydrogens (tertiary/aromatic N) is 5. The van der Waals surface area contributed by atoms with Crippen LogP contribution < -0.4 is 5.32 Å². The topological polar surface area (TPSA) is 175 Å².